The lowest BCUT2D eigenvalue weighted by Gasteiger charge is -2.24. The van der Waals surface area contributed by atoms with E-state index in [1.165, 1.54) is 42.7 Å². The molecule has 2 aromatic heterocycles. The van der Waals surface area contributed by atoms with E-state index >= 15 is 0 Å². The molecule has 0 bridgehead atoms. The SMILES string of the molecule is CCOC(=O)c1ccc(NC(=O)NC(c2cc[nH]c2)c2cc3c(cc2C(F)(F)F)[nH]c(=O)c(=O)n3CC(=O)O)cc1. The summed E-state index contributed by atoms with van der Waals surface area (Å²) in [6.07, 6.45) is -2.22. The zero-order chi connectivity index (χ0) is 29.9. The number of rotatable bonds is 8. The van der Waals surface area contributed by atoms with Crippen LogP contribution in [0.25, 0.3) is 11.0 Å². The van der Waals surface area contributed by atoms with Gasteiger partial charge in [-0.15, -0.1) is 0 Å². The number of anilines is 1. The first-order valence-electron chi connectivity index (χ1n) is 12.0. The number of aromatic nitrogens is 3. The molecule has 0 aliphatic heterocycles. The van der Waals surface area contributed by atoms with Gasteiger partial charge in [0.25, 0.3) is 0 Å². The number of nitrogens with zero attached hydrogens (tertiary/aromatic N) is 1. The molecule has 5 N–H and O–H groups in total. The molecule has 15 heteroatoms. The highest BCUT2D eigenvalue weighted by Gasteiger charge is 2.37. The summed E-state index contributed by atoms with van der Waals surface area (Å²) in [4.78, 5) is 65.4. The predicted molar refractivity (Wildman–Crippen MR) is 139 cm³/mol. The van der Waals surface area contributed by atoms with Crippen molar-refractivity contribution in [3.63, 3.8) is 0 Å². The van der Waals surface area contributed by atoms with Crippen molar-refractivity contribution in [1.29, 1.82) is 0 Å². The van der Waals surface area contributed by atoms with Crippen LogP contribution >= 0.6 is 0 Å². The van der Waals surface area contributed by atoms with Crippen molar-refractivity contribution in [2.45, 2.75) is 25.7 Å². The maximum Gasteiger partial charge on any atom is 0.416 e. The standard InChI is InChI=1S/C26H22F3N5O7/c1-2-41-24(39)13-3-5-15(6-4-13)31-25(40)33-21(14-7-8-30-11-14)16-9-19-18(10-17(16)26(27,28)29)32-22(37)23(38)34(19)12-20(35)36/h3-11,21,30H,2,12H2,1H3,(H,32,37)(H,35,36)(H2,31,33,40). The maximum absolute atomic E-state index is 14.3. The third-order valence-corrected chi connectivity index (χ3v) is 5.94. The minimum Gasteiger partial charge on any atom is -0.480 e. The molecule has 1 atom stereocenters. The Hall–Kier alpha value is -5.34. The van der Waals surface area contributed by atoms with E-state index in [9.17, 15) is 42.3 Å². The molecule has 1 unspecified atom stereocenters. The number of fused-ring (bicyclic) bond motifs is 1. The Morgan fingerprint density at radius 3 is 2.39 bits per heavy atom. The maximum atomic E-state index is 14.3. The van der Waals surface area contributed by atoms with Crippen LogP contribution in [-0.4, -0.2) is 44.2 Å². The molecule has 4 aromatic rings. The fourth-order valence-corrected chi connectivity index (χ4v) is 4.17. The second kappa shape index (κ2) is 11.4. The molecule has 12 nitrogen and oxygen atoms in total. The van der Waals surface area contributed by atoms with Gasteiger partial charge in [0.1, 0.15) is 6.54 Å². The van der Waals surface area contributed by atoms with Gasteiger partial charge in [0.15, 0.2) is 0 Å². The lowest BCUT2D eigenvalue weighted by molar-refractivity contribution is -0.139. The summed E-state index contributed by atoms with van der Waals surface area (Å²) in [7, 11) is 0. The van der Waals surface area contributed by atoms with E-state index in [0.29, 0.717) is 10.6 Å². The van der Waals surface area contributed by atoms with Crippen LogP contribution in [0.5, 0.6) is 0 Å². The number of amides is 2. The van der Waals surface area contributed by atoms with Gasteiger partial charge in [-0.05, 0) is 60.5 Å². The van der Waals surface area contributed by atoms with Crippen molar-refractivity contribution >= 4 is 34.7 Å². The number of H-pyrrole nitrogens is 2. The molecule has 214 valence electrons. The summed E-state index contributed by atoms with van der Waals surface area (Å²) >= 11 is 0. The van der Waals surface area contributed by atoms with E-state index in [0.717, 1.165) is 6.07 Å². The number of aromatic amines is 2. The van der Waals surface area contributed by atoms with Crippen molar-refractivity contribution in [2.24, 2.45) is 0 Å². The lowest BCUT2D eigenvalue weighted by atomic mass is 9.94. The fourth-order valence-electron chi connectivity index (χ4n) is 4.17. The summed E-state index contributed by atoms with van der Waals surface area (Å²) in [5.74, 6) is -2.08. The molecule has 0 aliphatic carbocycles. The Morgan fingerprint density at radius 1 is 1.10 bits per heavy atom. The van der Waals surface area contributed by atoms with Gasteiger partial charge in [0.05, 0.1) is 34.8 Å². The molecule has 41 heavy (non-hydrogen) atoms. The molecule has 0 spiro atoms. The van der Waals surface area contributed by atoms with Crippen LogP contribution in [0.15, 0.2) is 64.4 Å². The van der Waals surface area contributed by atoms with Crippen LogP contribution in [-0.2, 0) is 22.3 Å². The number of carboxylic acid groups (broad SMARTS) is 1. The molecule has 0 saturated carbocycles. The van der Waals surface area contributed by atoms with Crippen LogP contribution in [0.3, 0.4) is 0 Å². The number of benzene rings is 2. The van der Waals surface area contributed by atoms with Gasteiger partial charge in [-0.1, -0.05) is 0 Å². The van der Waals surface area contributed by atoms with Crippen LogP contribution in [0.1, 0.15) is 40.0 Å². The van der Waals surface area contributed by atoms with Crippen molar-refractivity contribution in [2.75, 3.05) is 11.9 Å². The van der Waals surface area contributed by atoms with E-state index in [-0.39, 0.29) is 28.9 Å². The first-order valence-corrected chi connectivity index (χ1v) is 12.0. The van der Waals surface area contributed by atoms with Crippen molar-refractivity contribution in [3.8, 4) is 0 Å². The average molecular weight is 573 g/mol. The number of hydrogen-bond donors (Lipinski definition) is 5. The van der Waals surface area contributed by atoms with Gasteiger partial charge in [0, 0.05) is 18.1 Å². The van der Waals surface area contributed by atoms with E-state index < -0.39 is 64.5 Å². The first-order chi connectivity index (χ1) is 19.4. The summed E-state index contributed by atoms with van der Waals surface area (Å²) < 4.78 is 48.3. The third kappa shape index (κ3) is 6.29. The number of alkyl halides is 3. The quantitative estimate of drug-likeness (QED) is 0.159. The minimum atomic E-state index is -4.98. The second-order valence-corrected chi connectivity index (χ2v) is 8.67. The molecular weight excluding hydrogens is 551 g/mol. The van der Waals surface area contributed by atoms with Crippen LogP contribution < -0.4 is 21.8 Å². The highest BCUT2D eigenvalue weighted by Crippen LogP contribution is 2.38. The molecule has 2 heterocycles. The number of aliphatic carboxylic acids is 1. The summed E-state index contributed by atoms with van der Waals surface area (Å²) in [6.45, 7) is 0.816. The smallest absolute Gasteiger partial charge is 0.416 e. The molecule has 0 aliphatic rings. The summed E-state index contributed by atoms with van der Waals surface area (Å²) in [6, 6.07) is 6.11. The lowest BCUT2D eigenvalue weighted by Crippen LogP contribution is -2.38. The molecule has 4 rings (SSSR count). The van der Waals surface area contributed by atoms with Crippen LogP contribution in [0.2, 0.25) is 0 Å². The van der Waals surface area contributed by atoms with Gasteiger partial charge in [-0.2, -0.15) is 13.2 Å². The number of carboxylic acids is 1. The molecule has 0 saturated heterocycles. The van der Waals surface area contributed by atoms with E-state index in [1.54, 1.807) is 6.92 Å². The van der Waals surface area contributed by atoms with E-state index in [4.69, 9.17) is 4.74 Å². The van der Waals surface area contributed by atoms with Crippen LogP contribution in [0, 0.1) is 0 Å². The average Bonchev–Trinajstić information content (AvgIpc) is 3.44. The van der Waals surface area contributed by atoms with E-state index in [1.807, 2.05) is 0 Å². The van der Waals surface area contributed by atoms with Gasteiger partial charge in [-0.25, -0.2) is 9.59 Å². The normalized spacial score (nSPS) is 12.1. The Balaban J connectivity index is 1.79. The van der Waals surface area contributed by atoms with E-state index in [2.05, 4.69) is 20.6 Å². The van der Waals surface area contributed by atoms with Gasteiger partial charge < -0.3 is 30.4 Å². The Morgan fingerprint density at radius 2 is 1.80 bits per heavy atom. The number of halogens is 3. The molecule has 2 aromatic carbocycles. The number of hydrogen-bond acceptors (Lipinski definition) is 6. The first kappa shape index (κ1) is 28.7. The monoisotopic (exact) mass is 573 g/mol. The number of nitrogens with one attached hydrogen (secondary N) is 4. The summed E-state index contributed by atoms with van der Waals surface area (Å²) in [5, 5.41) is 14.2. The molecule has 0 radical (unpaired) electrons. The van der Waals surface area contributed by atoms with Crippen molar-refractivity contribution in [1.82, 2.24) is 19.9 Å². The predicted octanol–water partition coefficient (Wildman–Crippen LogP) is 3.21. The van der Waals surface area contributed by atoms with Gasteiger partial charge >= 0.3 is 35.3 Å². The third-order valence-electron chi connectivity index (χ3n) is 5.94. The zero-order valence-corrected chi connectivity index (χ0v) is 21.2. The number of carbonyl (C=O) groups is 3. The Kier molecular flexibility index (Phi) is 7.98. The summed E-state index contributed by atoms with van der Waals surface area (Å²) in [5.41, 5.74) is -4.43. The Bertz CT molecular complexity index is 1730. The number of esters is 1. The second-order valence-electron chi connectivity index (χ2n) is 8.67. The highest BCUT2D eigenvalue weighted by atomic mass is 19.4. The number of ether oxygens (including phenoxy) is 1. The number of carbonyl (C=O) groups excluding carboxylic acids is 2. The molecule has 0 fully saturated rings. The fraction of sp³-hybridized carbons (Fsp3) is 0.192. The Labute approximate surface area is 227 Å². The topological polar surface area (TPSA) is 175 Å². The largest absolute Gasteiger partial charge is 0.480 e. The van der Waals surface area contributed by atoms with Crippen molar-refractivity contribution in [3.05, 3.63) is 97.8 Å². The highest BCUT2D eigenvalue weighted by molar-refractivity contribution is 5.92. The van der Waals surface area contributed by atoms with Gasteiger partial charge in [0.2, 0.25) is 0 Å². The van der Waals surface area contributed by atoms with Crippen molar-refractivity contribution < 1.29 is 37.4 Å². The molecular formula is C26H22F3N5O7. The number of urea groups is 1. The van der Waals surface area contributed by atoms with Crippen LogP contribution in [0.4, 0.5) is 23.7 Å². The van der Waals surface area contributed by atoms with Gasteiger partial charge in [-0.3, -0.25) is 19.0 Å². The zero-order valence-electron chi connectivity index (χ0n) is 21.2. The molecule has 2 amide bonds. The minimum absolute atomic E-state index is 0.166.